The van der Waals surface area contributed by atoms with Crippen molar-refractivity contribution in [1.82, 2.24) is 0 Å². The lowest BCUT2D eigenvalue weighted by atomic mass is 9.68. The third-order valence-electron chi connectivity index (χ3n) is 11.0. The van der Waals surface area contributed by atoms with Crippen LogP contribution in [0.1, 0.15) is 166 Å². The van der Waals surface area contributed by atoms with Crippen LogP contribution in [0.4, 0.5) is 0 Å². The molecule has 3 saturated carbocycles. The molecule has 3 aliphatic carbocycles. The Morgan fingerprint density at radius 3 is 1.56 bits per heavy atom. The van der Waals surface area contributed by atoms with Gasteiger partial charge in [-0.05, 0) is 111 Å². The maximum absolute atomic E-state index is 2.49. The first-order valence-corrected chi connectivity index (χ1v) is 16.8. The Morgan fingerprint density at radius 1 is 0.500 bits per heavy atom. The summed E-state index contributed by atoms with van der Waals surface area (Å²) in [4.78, 5) is 0. The lowest BCUT2D eigenvalue weighted by Crippen LogP contribution is -2.26. The predicted octanol–water partition coefficient (Wildman–Crippen LogP) is 11.7. The zero-order valence-electron chi connectivity index (χ0n) is 24.3. The summed E-state index contributed by atoms with van der Waals surface area (Å²) in [7, 11) is 0. The van der Waals surface area contributed by atoms with Gasteiger partial charge in [0, 0.05) is 0 Å². The average Bonchev–Trinajstić information content (AvgIpc) is 2.94. The SMILES string of the molecule is CCCCCCC1CCC(C2CCC(CCc3ccc(C4CCC(CCCC)CC4)cc3)CC2)CC1. The number of benzene rings is 1. The van der Waals surface area contributed by atoms with E-state index in [1.54, 1.807) is 36.8 Å². The van der Waals surface area contributed by atoms with Gasteiger partial charge in [0.05, 0.1) is 0 Å². The summed E-state index contributed by atoms with van der Waals surface area (Å²) in [5, 5.41) is 0. The molecule has 1 aromatic carbocycles. The van der Waals surface area contributed by atoms with Gasteiger partial charge in [-0.3, -0.25) is 0 Å². The van der Waals surface area contributed by atoms with Crippen LogP contribution in [0, 0.1) is 29.6 Å². The Morgan fingerprint density at radius 2 is 1.00 bits per heavy atom. The van der Waals surface area contributed by atoms with Crippen LogP contribution in [-0.2, 0) is 6.42 Å². The number of unbranched alkanes of at least 4 members (excludes halogenated alkanes) is 4. The Balaban J connectivity index is 1.09. The Bertz CT molecular complexity index is 677. The molecule has 36 heavy (non-hydrogen) atoms. The minimum atomic E-state index is 0.836. The minimum Gasteiger partial charge on any atom is -0.0654 e. The van der Waals surface area contributed by atoms with Crippen molar-refractivity contribution in [3.05, 3.63) is 35.4 Å². The number of hydrogen-bond donors (Lipinski definition) is 0. The standard InChI is InChI=1S/C36H60/c1-3-5-7-8-10-30-15-23-34(24-16-30)36-27-19-32(20-28-36)12-11-31-17-25-35(26-18-31)33-21-13-29(14-22-33)9-6-4-2/h17-18,25-26,29-30,32-34,36H,3-16,19-24,27-28H2,1-2H3. The van der Waals surface area contributed by atoms with Crippen LogP contribution in [-0.4, -0.2) is 0 Å². The fraction of sp³-hybridized carbons (Fsp3) is 0.833. The van der Waals surface area contributed by atoms with E-state index < -0.39 is 0 Å². The first-order valence-electron chi connectivity index (χ1n) is 16.8. The van der Waals surface area contributed by atoms with Gasteiger partial charge in [-0.25, -0.2) is 0 Å². The fourth-order valence-corrected chi connectivity index (χ4v) is 8.36. The van der Waals surface area contributed by atoms with E-state index in [9.17, 15) is 0 Å². The highest BCUT2D eigenvalue weighted by atomic mass is 14.4. The smallest absolute Gasteiger partial charge is 0.0162 e. The summed E-state index contributed by atoms with van der Waals surface area (Å²) < 4.78 is 0. The van der Waals surface area contributed by atoms with E-state index in [1.165, 1.54) is 116 Å². The lowest BCUT2D eigenvalue weighted by Gasteiger charge is -2.38. The summed E-state index contributed by atoms with van der Waals surface area (Å²) in [5.74, 6) is 6.07. The Labute approximate surface area is 225 Å². The molecular weight excluding hydrogens is 432 g/mol. The van der Waals surface area contributed by atoms with E-state index in [4.69, 9.17) is 0 Å². The van der Waals surface area contributed by atoms with Gasteiger partial charge in [0.2, 0.25) is 0 Å². The van der Waals surface area contributed by atoms with Crippen LogP contribution in [0.3, 0.4) is 0 Å². The largest absolute Gasteiger partial charge is 0.0654 e. The van der Waals surface area contributed by atoms with Crippen LogP contribution in [0.15, 0.2) is 24.3 Å². The summed E-state index contributed by atoms with van der Waals surface area (Å²) in [6, 6.07) is 9.93. The molecule has 0 bridgehead atoms. The van der Waals surface area contributed by atoms with Crippen molar-refractivity contribution in [1.29, 1.82) is 0 Å². The number of aryl methyl sites for hydroxylation is 1. The maximum Gasteiger partial charge on any atom is -0.0162 e. The molecule has 0 aromatic heterocycles. The van der Waals surface area contributed by atoms with Crippen LogP contribution >= 0.6 is 0 Å². The van der Waals surface area contributed by atoms with Crippen LogP contribution < -0.4 is 0 Å². The molecule has 0 spiro atoms. The van der Waals surface area contributed by atoms with Crippen molar-refractivity contribution >= 4 is 0 Å². The predicted molar refractivity (Wildman–Crippen MR) is 159 cm³/mol. The van der Waals surface area contributed by atoms with Crippen LogP contribution in [0.5, 0.6) is 0 Å². The second kappa shape index (κ2) is 15.6. The average molecular weight is 493 g/mol. The molecule has 204 valence electrons. The second-order valence-corrected chi connectivity index (χ2v) is 13.6. The zero-order valence-corrected chi connectivity index (χ0v) is 24.3. The molecule has 0 atom stereocenters. The van der Waals surface area contributed by atoms with Crippen molar-refractivity contribution in [2.24, 2.45) is 29.6 Å². The molecule has 0 N–H and O–H groups in total. The van der Waals surface area contributed by atoms with Gasteiger partial charge in [0.15, 0.2) is 0 Å². The van der Waals surface area contributed by atoms with Crippen molar-refractivity contribution in [3.8, 4) is 0 Å². The summed E-state index contributed by atoms with van der Waals surface area (Å²) >= 11 is 0. The van der Waals surface area contributed by atoms with Gasteiger partial charge < -0.3 is 0 Å². The topological polar surface area (TPSA) is 0 Å². The van der Waals surface area contributed by atoms with Gasteiger partial charge in [-0.2, -0.15) is 0 Å². The van der Waals surface area contributed by atoms with Gasteiger partial charge in [-0.15, -0.1) is 0 Å². The highest BCUT2D eigenvalue weighted by molar-refractivity contribution is 5.26. The summed E-state index contributed by atoms with van der Waals surface area (Å²) in [6.45, 7) is 4.66. The third-order valence-corrected chi connectivity index (χ3v) is 11.0. The Kier molecular flexibility index (Phi) is 12.2. The fourth-order valence-electron chi connectivity index (χ4n) is 8.36. The van der Waals surface area contributed by atoms with Crippen molar-refractivity contribution in [2.75, 3.05) is 0 Å². The van der Waals surface area contributed by atoms with Crippen molar-refractivity contribution in [2.45, 2.75) is 161 Å². The highest BCUT2D eigenvalue weighted by Crippen LogP contribution is 2.43. The van der Waals surface area contributed by atoms with E-state index in [0.29, 0.717) is 0 Å². The molecule has 1 aromatic rings. The molecule has 0 nitrogen and oxygen atoms in total. The molecule has 0 amide bonds. The molecule has 0 saturated heterocycles. The lowest BCUT2D eigenvalue weighted by molar-refractivity contribution is 0.140. The first kappa shape index (κ1) is 28.2. The Hall–Kier alpha value is -0.780. The van der Waals surface area contributed by atoms with E-state index >= 15 is 0 Å². The monoisotopic (exact) mass is 492 g/mol. The molecule has 3 fully saturated rings. The molecule has 0 radical (unpaired) electrons. The van der Waals surface area contributed by atoms with Gasteiger partial charge in [0.1, 0.15) is 0 Å². The van der Waals surface area contributed by atoms with Crippen molar-refractivity contribution in [3.63, 3.8) is 0 Å². The third kappa shape index (κ3) is 8.91. The molecule has 3 aliphatic rings. The molecule has 4 rings (SSSR count). The van der Waals surface area contributed by atoms with Gasteiger partial charge in [0.25, 0.3) is 0 Å². The van der Waals surface area contributed by atoms with E-state index in [1.807, 2.05) is 0 Å². The first-order chi connectivity index (χ1) is 17.7. The highest BCUT2D eigenvalue weighted by Gasteiger charge is 2.30. The van der Waals surface area contributed by atoms with E-state index in [-0.39, 0.29) is 0 Å². The van der Waals surface area contributed by atoms with Crippen LogP contribution in [0.25, 0.3) is 0 Å². The van der Waals surface area contributed by atoms with E-state index in [2.05, 4.69) is 38.1 Å². The maximum atomic E-state index is 2.49. The molecule has 0 unspecified atom stereocenters. The van der Waals surface area contributed by atoms with Gasteiger partial charge >= 0.3 is 0 Å². The number of hydrogen-bond acceptors (Lipinski definition) is 0. The second-order valence-electron chi connectivity index (χ2n) is 13.6. The minimum absolute atomic E-state index is 0.836. The zero-order chi connectivity index (χ0) is 25.0. The molecule has 0 aliphatic heterocycles. The van der Waals surface area contributed by atoms with Crippen molar-refractivity contribution < 1.29 is 0 Å². The normalized spacial score (nSPS) is 31.4. The van der Waals surface area contributed by atoms with Gasteiger partial charge in [-0.1, -0.05) is 115 Å². The summed E-state index contributed by atoms with van der Waals surface area (Å²) in [6.07, 6.45) is 32.4. The number of rotatable bonds is 13. The molecule has 0 heterocycles. The summed E-state index contributed by atoms with van der Waals surface area (Å²) in [5.41, 5.74) is 3.22. The molecule has 0 heteroatoms. The molecular formula is C36H60. The van der Waals surface area contributed by atoms with Crippen LogP contribution in [0.2, 0.25) is 0 Å². The quantitative estimate of drug-likeness (QED) is 0.240. The van der Waals surface area contributed by atoms with E-state index in [0.717, 1.165) is 35.5 Å².